The average molecular weight is 923 g/mol. The first kappa shape index (κ1) is 60.9. The van der Waals surface area contributed by atoms with Crippen LogP contribution in [0.2, 0.25) is 0 Å². The van der Waals surface area contributed by atoms with Gasteiger partial charge >= 0.3 is 5.97 Å². The van der Waals surface area contributed by atoms with E-state index in [0.29, 0.717) is 6.61 Å². The van der Waals surface area contributed by atoms with E-state index in [2.05, 4.69) is 123 Å². The second-order valence-corrected chi connectivity index (χ2v) is 17.2. The van der Waals surface area contributed by atoms with Crippen LogP contribution in [0.4, 0.5) is 0 Å². The number of carbonyl (C=O) groups excluding carboxylic acids is 1. The van der Waals surface area contributed by atoms with Gasteiger partial charge in [0.15, 0.2) is 6.29 Å². The van der Waals surface area contributed by atoms with E-state index in [1.165, 1.54) is 38.5 Å². The van der Waals surface area contributed by atoms with Crippen molar-refractivity contribution in [3.8, 4) is 0 Å². The van der Waals surface area contributed by atoms with E-state index in [9.17, 15) is 25.2 Å². The third kappa shape index (κ3) is 36.9. The molecule has 0 amide bonds. The summed E-state index contributed by atoms with van der Waals surface area (Å²) in [5.74, 6) is -0.338. The Morgan fingerprint density at radius 1 is 0.485 bits per heavy atom. The Balaban J connectivity index is 2.24. The Kier molecular flexibility index (Phi) is 43.3. The van der Waals surface area contributed by atoms with Crippen LogP contribution in [0.1, 0.15) is 181 Å². The van der Waals surface area contributed by atoms with Crippen LogP contribution in [0, 0.1) is 0 Å². The lowest BCUT2D eigenvalue weighted by atomic mass is 9.99. The SMILES string of the molecule is CC/C=C\C/C=C\C/C=C\C/C=C\C/C=C\CCCCCCCC(=O)OC(COCCCCCCCCCCC/C=C\C/C=C\C/C=C\C/C=C\CC)COC1OC(CO)C(O)C(O)C1O. The molecule has 1 aliphatic rings. The van der Waals surface area contributed by atoms with Crippen LogP contribution in [0.5, 0.6) is 0 Å². The summed E-state index contributed by atoms with van der Waals surface area (Å²) in [6.45, 7) is 4.28. The van der Waals surface area contributed by atoms with Crippen LogP contribution in [0.3, 0.4) is 0 Å². The van der Waals surface area contributed by atoms with E-state index in [1.807, 2.05) is 0 Å². The zero-order valence-electron chi connectivity index (χ0n) is 41.4. The summed E-state index contributed by atoms with van der Waals surface area (Å²) in [6.07, 6.45) is 59.7. The molecule has 1 saturated heterocycles. The number of aliphatic hydroxyl groups excluding tert-OH is 4. The molecule has 376 valence electrons. The van der Waals surface area contributed by atoms with Crippen LogP contribution < -0.4 is 0 Å². The molecule has 9 nitrogen and oxygen atoms in total. The fourth-order valence-corrected chi connectivity index (χ4v) is 7.21. The van der Waals surface area contributed by atoms with Crippen molar-refractivity contribution in [2.45, 2.75) is 218 Å². The van der Waals surface area contributed by atoms with Gasteiger partial charge in [-0.15, -0.1) is 0 Å². The van der Waals surface area contributed by atoms with Gasteiger partial charge in [-0.2, -0.15) is 0 Å². The van der Waals surface area contributed by atoms with E-state index in [4.69, 9.17) is 18.9 Å². The zero-order valence-corrected chi connectivity index (χ0v) is 41.4. The minimum atomic E-state index is -1.55. The average Bonchev–Trinajstić information content (AvgIpc) is 3.32. The number of unbranched alkanes of at least 4 members (excludes halogenated alkanes) is 14. The first-order valence-electron chi connectivity index (χ1n) is 26.0. The molecule has 1 fully saturated rings. The van der Waals surface area contributed by atoms with Crippen molar-refractivity contribution in [2.75, 3.05) is 26.4 Å². The number of hydrogen-bond donors (Lipinski definition) is 4. The summed E-state index contributed by atoms with van der Waals surface area (Å²) in [7, 11) is 0. The fraction of sp³-hybridized carbons (Fsp3) is 0.667. The van der Waals surface area contributed by atoms with E-state index < -0.39 is 43.4 Å². The summed E-state index contributed by atoms with van der Waals surface area (Å²) < 4.78 is 22.9. The van der Waals surface area contributed by atoms with Gasteiger partial charge in [0.25, 0.3) is 0 Å². The monoisotopic (exact) mass is 923 g/mol. The van der Waals surface area contributed by atoms with Gasteiger partial charge in [0, 0.05) is 13.0 Å². The number of rotatable bonds is 43. The van der Waals surface area contributed by atoms with Crippen molar-refractivity contribution in [1.29, 1.82) is 0 Å². The van der Waals surface area contributed by atoms with Crippen LogP contribution in [0.15, 0.2) is 109 Å². The fourth-order valence-electron chi connectivity index (χ4n) is 7.21. The van der Waals surface area contributed by atoms with Crippen molar-refractivity contribution >= 4 is 5.97 Å². The van der Waals surface area contributed by atoms with Crippen molar-refractivity contribution in [1.82, 2.24) is 0 Å². The van der Waals surface area contributed by atoms with Crippen molar-refractivity contribution in [3.63, 3.8) is 0 Å². The van der Waals surface area contributed by atoms with Gasteiger partial charge < -0.3 is 39.4 Å². The van der Waals surface area contributed by atoms with Crippen LogP contribution in [-0.2, 0) is 23.7 Å². The lowest BCUT2D eigenvalue weighted by Gasteiger charge is -2.39. The number of allylic oxidation sites excluding steroid dienone is 18. The lowest BCUT2D eigenvalue weighted by molar-refractivity contribution is -0.305. The minimum Gasteiger partial charge on any atom is -0.457 e. The lowest BCUT2D eigenvalue weighted by Crippen LogP contribution is -2.59. The van der Waals surface area contributed by atoms with Gasteiger partial charge in [-0.05, 0) is 96.3 Å². The molecule has 0 spiro atoms. The van der Waals surface area contributed by atoms with Crippen molar-refractivity contribution in [2.24, 2.45) is 0 Å². The Hall–Kier alpha value is -3.15. The van der Waals surface area contributed by atoms with Gasteiger partial charge in [0.05, 0.1) is 19.8 Å². The molecule has 1 aliphatic heterocycles. The van der Waals surface area contributed by atoms with Crippen LogP contribution in [-0.4, -0.2) is 89.6 Å². The summed E-state index contributed by atoms with van der Waals surface area (Å²) in [6, 6.07) is 0. The van der Waals surface area contributed by atoms with Gasteiger partial charge in [-0.25, -0.2) is 0 Å². The van der Waals surface area contributed by atoms with Gasteiger partial charge in [-0.3, -0.25) is 4.79 Å². The molecule has 0 bridgehead atoms. The largest absolute Gasteiger partial charge is 0.457 e. The summed E-state index contributed by atoms with van der Waals surface area (Å²) in [5, 5.41) is 40.3. The molecule has 1 heterocycles. The molecule has 0 aromatic carbocycles. The Labute approximate surface area is 402 Å². The van der Waals surface area contributed by atoms with E-state index in [1.54, 1.807) is 0 Å². The molecule has 0 aliphatic carbocycles. The molecule has 6 atom stereocenters. The molecular formula is C57H94O9. The molecule has 66 heavy (non-hydrogen) atoms. The number of aliphatic hydroxyl groups is 4. The zero-order chi connectivity index (χ0) is 47.8. The first-order chi connectivity index (χ1) is 32.4. The van der Waals surface area contributed by atoms with Crippen LogP contribution >= 0.6 is 0 Å². The second-order valence-electron chi connectivity index (χ2n) is 17.2. The highest BCUT2D eigenvalue weighted by Gasteiger charge is 2.44. The molecule has 0 saturated carbocycles. The molecule has 4 N–H and O–H groups in total. The molecule has 6 unspecified atom stereocenters. The highest BCUT2D eigenvalue weighted by atomic mass is 16.7. The topological polar surface area (TPSA) is 135 Å². The quantitative estimate of drug-likeness (QED) is 0.0268. The Morgan fingerprint density at radius 3 is 1.32 bits per heavy atom. The van der Waals surface area contributed by atoms with E-state index in [0.717, 1.165) is 122 Å². The summed E-state index contributed by atoms with van der Waals surface area (Å²) >= 11 is 0. The van der Waals surface area contributed by atoms with E-state index in [-0.39, 0.29) is 25.6 Å². The number of esters is 1. The maximum absolute atomic E-state index is 12.8. The number of hydrogen-bond acceptors (Lipinski definition) is 9. The molecule has 1 rings (SSSR count). The van der Waals surface area contributed by atoms with Crippen molar-refractivity contribution < 1.29 is 44.2 Å². The Morgan fingerprint density at radius 2 is 0.879 bits per heavy atom. The standard InChI is InChI=1S/C57H94O9/c1-3-5-7-9-11-13-15-17-19-21-23-25-27-29-31-33-35-37-39-41-43-45-47-63-49-51(50-64-57-56(62)55(61)54(60)52(48-58)66-57)65-53(59)46-44-42-40-38-36-34-32-30-28-26-24-22-20-18-16-14-12-10-8-6-4-2/h5-8,11-14,17-20,23-26,30,32,51-52,54-58,60-62H,3-4,9-10,15-16,21-22,27-29,31,33-50H2,1-2H3/b7-5-,8-6-,13-11-,14-12-,19-17-,20-18-,25-23-,26-24-,32-30-. The van der Waals surface area contributed by atoms with Gasteiger partial charge in [0.1, 0.15) is 30.5 Å². The molecule has 0 aromatic rings. The van der Waals surface area contributed by atoms with Crippen LogP contribution in [0.25, 0.3) is 0 Å². The summed E-state index contributed by atoms with van der Waals surface area (Å²) in [5.41, 5.74) is 0. The highest BCUT2D eigenvalue weighted by Crippen LogP contribution is 2.22. The van der Waals surface area contributed by atoms with Crippen molar-refractivity contribution in [3.05, 3.63) is 109 Å². The third-order valence-corrected chi connectivity index (χ3v) is 11.2. The molecule has 0 radical (unpaired) electrons. The van der Waals surface area contributed by atoms with E-state index >= 15 is 0 Å². The highest BCUT2D eigenvalue weighted by molar-refractivity contribution is 5.69. The maximum atomic E-state index is 12.8. The minimum absolute atomic E-state index is 0.125. The number of ether oxygens (including phenoxy) is 4. The predicted molar refractivity (Wildman–Crippen MR) is 274 cm³/mol. The third-order valence-electron chi connectivity index (χ3n) is 11.2. The second kappa shape index (κ2) is 46.9. The first-order valence-corrected chi connectivity index (χ1v) is 26.0. The number of carbonyl (C=O) groups is 1. The smallest absolute Gasteiger partial charge is 0.306 e. The normalized spacial score (nSPS) is 20.2. The van der Waals surface area contributed by atoms with Gasteiger partial charge in [0.2, 0.25) is 0 Å². The van der Waals surface area contributed by atoms with Gasteiger partial charge in [-0.1, -0.05) is 187 Å². The molecular weight excluding hydrogens is 829 g/mol. The Bertz CT molecular complexity index is 1370. The molecule has 9 heteroatoms. The summed E-state index contributed by atoms with van der Waals surface area (Å²) in [4.78, 5) is 12.8. The predicted octanol–water partition coefficient (Wildman–Crippen LogP) is 12.9. The maximum Gasteiger partial charge on any atom is 0.306 e. The molecule has 0 aromatic heterocycles.